The molecule has 2 nitrogen and oxygen atoms in total. The van der Waals surface area contributed by atoms with E-state index in [0.29, 0.717) is 4.47 Å². The molecule has 3 N–H and O–H groups in total. The van der Waals surface area contributed by atoms with Gasteiger partial charge in [0.25, 0.3) is 0 Å². The highest BCUT2D eigenvalue weighted by Crippen LogP contribution is 2.29. The molecule has 0 amide bonds. The predicted molar refractivity (Wildman–Crippen MR) is 79.9 cm³/mol. The summed E-state index contributed by atoms with van der Waals surface area (Å²) in [5, 5.41) is 2.01. The van der Waals surface area contributed by atoms with Crippen LogP contribution in [0.4, 0.5) is 4.39 Å². The van der Waals surface area contributed by atoms with Crippen molar-refractivity contribution in [1.29, 1.82) is 0 Å². The van der Waals surface area contributed by atoms with E-state index in [9.17, 15) is 4.39 Å². The molecular formula is C12H11Br2FN2S. The molecule has 0 aliphatic carbocycles. The van der Waals surface area contributed by atoms with Crippen molar-refractivity contribution in [3.63, 3.8) is 0 Å². The lowest BCUT2D eigenvalue weighted by Gasteiger charge is -2.16. The van der Waals surface area contributed by atoms with Crippen molar-refractivity contribution in [2.45, 2.75) is 12.5 Å². The van der Waals surface area contributed by atoms with Crippen molar-refractivity contribution in [2.75, 3.05) is 0 Å². The van der Waals surface area contributed by atoms with Crippen LogP contribution in [0.2, 0.25) is 0 Å². The summed E-state index contributed by atoms with van der Waals surface area (Å²) in [5.74, 6) is 5.29. The minimum atomic E-state index is -0.280. The molecule has 1 unspecified atom stereocenters. The van der Waals surface area contributed by atoms with Gasteiger partial charge in [0.2, 0.25) is 0 Å². The summed E-state index contributed by atoms with van der Waals surface area (Å²) in [4.78, 5) is 1.18. The SMILES string of the molecule is NNC(Cc1sccc1Br)c1ccc(Br)c(F)c1. The standard InChI is InChI=1S/C12H11Br2FN2S/c13-8-2-1-7(5-10(8)15)11(17-16)6-12-9(14)3-4-18-12/h1-5,11,17H,6,16H2. The molecule has 0 fully saturated rings. The van der Waals surface area contributed by atoms with Gasteiger partial charge in [-0.05, 0) is 61.0 Å². The van der Waals surface area contributed by atoms with Crippen molar-refractivity contribution in [2.24, 2.45) is 5.84 Å². The van der Waals surface area contributed by atoms with Gasteiger partial charge in [0.05, 0.1) is 10.5 Å². The normalized spacial score (nSPS) is 12.7. The fourth-order valence-corrected chi connectivity index (χ4v) is 3.47. The molecule has 0 saturated heterocycles. The number of hydrazine groups is 1. The summed E-state index contributed by atoms with van der Waals surface area (Å²) in [7, 11) is 0. The number of rotatable bonds is 4. The molecule has 0 aliphatic heterocycles. The second kappa shape index (κ2) is 6.25. The highest BCUT2D eigenvalue weighted by molar-refractivity contribution is 9.10. The lowest BCUT2D eigenvalue weighted by Crippen LogP contribution is -2.29. The van der Waals surface area contributed by atoms with Crippen molar-refractivity contribution < 1.29 is 4.39 Å². The van der Waals surface area contributed by atoms with Crippen LogP contribution in [0.1, 0.15) is 16.5 Å². The maximum absolute atomic E-state index is 13.5. The molecule has 0 radical (unpaired) electrons. The highest BCUT2D eigenvalue weighted by atomic mass is 79.9. The van der Waals surface area contributed by atoms with E-state index in [-0.39, 0.29) is 11.9 Å². The second-order valence-corrected chi connectivity index (χ2v) is 6.50. The Kier molecular flexibility index (Phi) is 4.91. The van der Waals surface area contributed by atoms with Gasteiger partial charge in [-0.25, -0.2) is 4.39 Å². The molecule has 1 atom stereocenters. The number of halogens is 3. The van der Waals surface area contributed by atoms with Crippen LogP contribution in [0.5, 0.6) is 0 Å². The highest BCUT2D eigenvalue weighted by Gasteiger charge is 2.14. The Balaban J connectivity index is 2.23. The van der Waals surface area contributed by atoms with Crippen molar-refractivity contribution >= 4 is 43.2 Å². The van der Waals surface area contributed by atoms with E-state index >= 15 is 0 Å². The van der Waals surface area contributed by atoms with E-state index in [1.54, 1.807) is 17.4 Å². The fourth-order valence-electron chi connectivity index (χ4n) is 1.66. The zero-order valence-corrected chi connectivity index (χ0v) is 13.3. The van der Waals surface area contributed by atoms with Crippen LogP contribution in [0.25, 0.3) is 0 Å². The third-order valence-corrected chi connectivity index (χ3v) is 5.22. The molecule has 0 spiro atoms. The zero-order valence-electron chi connectivity index (χ0n) is 9.29. The summed E-state index contributed by atoms with van der Waals surface area (Å²) < 4.78 is 15.0. The van der Waals surface area contributed by atoms with Gasteiger partial charge in [-0.2, -0.15) is 0 Å². The molecule has 6 heteroatoms. The van der Waals surface area contributed by atoms with E-state index in [4.69, 9.17) is 5.84 Å². The monoisotopic (exact) mass is 392 g/mol. The molecule has 1 aromatic carbocycles. The average Bonchev–Trinajstić information content (AvgIpc) is 2.75. The Labute approximate surface area is 126 Å². The van der Waals surface area contributed by atoms with Crippen LogP contribution < -0.4 is 11.3 Å². The number of thiophene rings is 1. The van der Waals surface area contributed by atoms with Gasteiger partial charge in [0.1, 0.15) is 5.82 Å². The minimum Gasteiger partial charge on any atom is -0.271 e. The van der Waals surface area contributed by atoms with Gasteiger partial charge in [-0.3, -0.25) is 11.3 Å². The van der Waals surface area contributed by atoms with Crippen LogP contribution in [-0.2, 0) is 6.42 Å². The lowest BCUT2D eigenvalue weighted by molar-refractivity contribution is 0.546. The van der Waals surface area contributed by atoms with E-state index in [0.717, 1.165) is 16.5 Å². The smallest absolute Gasteiger partial charge is 0.137 e. The summed E-state index contributed by atoms with van der Waals surface area (Å²) in [6, 6.07) is 6.94. The first-order valence-electron chi connectivity index (χ1n) is 5.24. The minimum absolute atomic E-state index is 0.109. The van der Waals surface area contributed by atoms with E-state index < -0.39 is 0 Å². The summed E-state index contributed by atoms with van der Waals surface area (Å²) in [6.45, 7) is 0. The third kappa shape index (κ3) is 3.19. The van der Waals surface area contributed by atoms with Gasteiger partial charge in [-0.15, -0.1) is 11.3 Å². The van der Waals surface area contributed by atoms with Crippen molar-refractivity contribution in [3.05, 3.63) is 54.8 Å². The summed E-state index contributed by atoms with van der Waals surface area (Å²) in [5.41, 5.74) is 3.57. The van der Waals surface area contributed by atoms with Crippen LogP contribution in [0.15, 0.2) is 38.6 Å². The third-order valence-electron chi connectivity index (χ3n) is 2.63. The van der Waals surface area contributed by atoms with Gasteiger partial charge in [-0.1, -0.05) is 6.07 Å². The Morgan fingerprint density at radius 2 is 2.06 bits per heavy atom. The van der Waals surface area contributed by atoms with Gasteiger partial charge >= 0.3 is 0 Å². The molecule has 18 heavy (non-hydrogen) atoms. The first-order valence-corrected chi connectivity index (χ1v) is 7.71. The number of nitrogens with one attached hydrogen (secondary N) is 1. The number of benzene rings is 1. The Bertz CT molecular complexity index is 545. The molecule has 1 heterocycles. The Morgan fingerprint density at radius 1 is 1.28 bits per heavy atom. The van der Waals surface area contributed by atoms with E-state index in [1.807, 2.05) is 17.5 Å². The molecule has 1 aromatic heterocycles. The molecule has 0 bridgehead atoms. The molecule has 0 saturated carbocycles. The largest absolute Gasteiger partial charge is 0.271 e. The molecule has 96 valence electrons. The van der Waals surface area contributed by atoms with E-state index in [2.05, 4.69) is 37.3 Å². The number of nitrogens with two attached hydrogens (primary N) is 1. The topological polar surface area (TPSA) is 38.0 Å². The number of hydrogen-bond donors (Lipinski definition) is 2. The maximum atomic E-state index is 13.5. The van der Waals surface area contributed by atoms with Crippen LogP contribution in [0.3, 0.4) is 0 Å². The molecule has 2 rings (SSSR count). The van der Waals surface area contributed by atoms with Gasteiger partial charge in [0.15, 0.2) is 0 Å². The van der Waals surface area contributed by atoms with Crippen LogP contribution in [-0.4, -0.2) is 0 Å². The Hall–Kier alpha value is -0.270. The fraction of sp³-hybridized carbons (Fsp3) is 0.167. The lowest BCUT2D eigenvalue weighted by atomic mass is 10.0. The van der Waals surface area contributed by atoms with Crippen LogP contribution >= 0.6 is 43.2 Å². The second-order valence-electron chi connectivity index (χ2n) is 3.79. The van der Waals surface area contributed by atoms with Crippen molar-refractivity contribution in [3.8, 4) is 0 Å². The molecule has 2 aromatic rings. The number of hydrogen-bond acceptors (Lipinski definition) is 3. The molecule has 0 aliphatic rings. The van der Waals surface area contributed by atoms with Gasteiger partial charge < -0.3 is 0 Å². The summed E-state index contributed by atoms with van der Waals surface area (Å²) >= 11 is 8.27. The predicted octanol–water partition coefficient (Wildman–Crippen LogP) is 4.16. The Morgan fingerprint density at radius 3 is 2.61 bits per heavy atom. The average molecular weight is 394 g/mol. The first kappa shape index (κ1) is 14.1. The quantitative estimate of drug-likeness (QED) is 0.604. The van der Waals surface area contributed by atoms with Gasteiger partial charge in [0, 0.05) is 15.8 Å². The van der Waals surface area contributed by atoms with E-state index in [1.165, 1.54) is 10.9 Å². The zero-order chi connectivity index (χ0) is 13.1. The van der Waals surface area contributed by atoms with Crippen LogP contribution in [0, 0.1) is 5.82 Å². The maximum Gasteiger partial charge on any atom is 0.137 e. The summed E-state index contributed by atoms with van der Waals surface area (Å²) in [6.07, 6.45) is 0.718. The molecular weight excluding hydrogens is 383 g/mol. The first-order chi connectivity index (χ1) is 8.61. The van der Waals surface area contributed by atoms with Crippen molar-refractivity contribution in [1.82, 2.24) is 5.43 Å².